The summed E-state index contributed by atoms with van der Waals surface area (Å²) < 4.78 is 6.72. The monoisotopic (exact) mass is 324 g/mol. The van der Waals surface area contributed by atoms with E-state index in [4.69, 9.17) is 4.43 Å². The number of rotatable bonds is 6. The van der Waals surface area contributed by atoms with Crippen LogP contribution in [0, 0.1) is 0 Å². The Morgan fingerprint density at radius 3 is 1.70 bits per heavy atom. The molecule has 0 heterocycles. The number of hydrogen-bond acceptors (Lipinski definition) is 1. The van der Waals surface area contributed by atoms with Gasteiger partial charge in [0.15, 0.2) is 0 Å². The van der Waals surface area contributed by atoms with Crippen molar-refractivity contribution in [3.05, 3.63) is 72.8 Å². The lowest BCUT2D eigenvalue weighted by Gasteiger charge is -2.42. The molecule has 0 aliphatic carbocycles. The lowest BCUT2D eigenvalue weighted by atomic mass is 10.2. The molecule has 0 aromatic heterocycles. The first-order chi connectivity index (χ1) is 11.0. The van der Waals surface area contributed by atoms with Gasteiger partial charge in [0.1, 0.15) is 0 Å². The molecule has 0 aliphatic rings. The summed E-state index contributed by atoms with van der Waals surface area (Å²) in [5, 5.41) is 2.72. The maximum Gasteiger partial charge on any atom is 0.261 e. The van der Waals surface area contributed by atoms with Crippen molar-refractivity contribution in [1.82, 2.24) is 0 Å². The van der Waals surface area contributed by atoms with Crippen LogP contribution in [0.5, 0.6) is 0 Å². The Bertz CT molecular complexity index is 572. The summed E-state index contributed by atoms with van der Waals surface area (Å²) in [4.78, 5) is 0. The number of allylic oxidation sites excluding steroid dienone is 1. The molecular weight excluding hydrogens is 296 g/mol. The second-order valence-electron chi connectivity index (χ2n) is 6.85. The van der Waals surface area contributed by atoms with Gasteiger partial charge in [-0.15, -0.1) is 0 Å². The zero-order valence-electron chi connectivity index (χ0n) is 14.8. The third kappa shape index (κ3) is 3.82. The fraction of sp³-hybridized carbons (Fsp3) is 0.333. The number of benzene rings is 2. The molecule has 0 unspecified atom stereocenters. The Balaban J connectivity index is 2.57. The summed E-state index contributed by atoms with van der Waals surface area (Å²) in [5.41, 5.74) is 0. The first-order valence-corrected chi connectivity index (χ1v) is 10.3. The molecule has 0 N–H and O–H groups in total. The highest BCUT2D eigenvalue weighted by atomic mass is 28.4. The fourth-order valence-corrected chi connectivity index (χ4v) is 7.67. The largest absolute Gasteiger partial charge is 0.404 e. The van der Waals surface area contributed by atoms with E-state index in [9.17, 15) is 0 Å². The van der Waals surface area contributed by atoms with Crippen molar-refractivity contribution in [3.8, 4) is 0 Å². The molecule has 2 heteroatoms. The van der Waals surface area contributed by atoms with Gasteiger partial charge >= 0.3 is 0 Å². The van der Waals surface area contributed by atoms with Crippen LogP contribution >= 0.6 is 0 Å². The van der Waals surface area contributed by atoms with Gasteiger partial charge in [-0.2, -0.15) is 0 Å². The van der Waals surface area contributed by atoms with Crippen LogP contribution in [-0.2, 0) is 4.43 Å². The first-order valence-electron chi connectivity index (χ1n) is 8.42. The molecule has 122 valence electrons. The van der Waals surface area contributed by atoms with Gasteiger partial charge < -0.3 is 4.43 Å². The molecule has 0 saturated carbocycles. The lowest BCUT2D eigenvalue weighted by molar-refractivity contribution is 0.339. The predicted octanol–water partition coefficient (Wildman–Crippen LogP) is 4.53. The average Bonchev–Trinajstić information content (AvgIpc) is 2.55. The minimum absolute atomic E-state index is 0.0514. The van der Waals surface area contributed by atoms with E-state index in [1.807, 2.05) is 0 Å². The molecule has 1 nitrogen and oxygen atoms in total. The lowest BCUT2D eigenvalue weighted by Crippen LogP contribution is -2.66. The maximum atomic E-state index is 6.72. The smallest absolute Gasteiger partial charge is 0.261 e. The molecule has 2 rings (SSSR count). The molecule has 23 heavy (non-hydrogen) atoms. The van der Waals surface area contributed by atoms with Gasteiger partial charge in [-0.05, 0) is 21.8 Å². The minimum atomic E-state index is -2.35. The van der Waals surface area contributed by atoms with Crippen molar-refractivity contribution < 1.29 is 4.43 Å². The van der Waals surface area contributed by atoms with E-state index < -0.39 is 8.32 Å². The molecule has 0 spiro atoms. The Morgan fingerprint density at radius 1 is 0.826 bits per heavy atom. The van der Waals surface area contributed by atoms with Crippen molar-refractivity contribution in [3.63, 3.8) is 0 Å². The van der Waals surface area contributed by atoms with Crippen molar-refractivity contribution in [2.24, 2.45) is 0 Å². The molecule has 0 radical (unpaired) electrons. The van der Waals surface area contributed by atoms with Crippen LogP contribution in [0.15, 0.2) is 72.8 Å². The van der Waals surface area contributed by atoms with E-state index in [1.54, 1.807) is 0 Å². The van der Waals surface area contributed by atoms with Crippen LogP contribution in [0.2, 0.25) is 5.04 Å². The Labute approximate surface area is 142 Å². The highest BCUT2D eigenvalue weighted by Gasteiger charge is 2.49. The summed E-state index contributed by atoms with van der Waals surface area (Å²) in [6.45, 7) is 9.74. The molecule has 2 aromatic carbocycles. The van der Waals surface area contributed by atoms with Crippen LogP contribution in [0.1, 0.15) is 34.1 Å². The van der Waals surface area contributed by atoms with E-state index in [1.165, 1.54) is 10.4 Å². The van der Waals surface area contributed by atoms with Crippen molar-refractivity contribution in [1.29, 1.82) is 0 Å². The molecular formula is C21H28OSi. The van der Waals surface area contributed by atoms with Crippen molar-refractivity contribution in [2.75, 3.05) is 6.61 Å². The van der Waals surface area contributed by atoms with Crippen LogP contribution < -0.4 is 10.4 Å². The molecule has 0 fully saturated rings. The van der Waals surface area contributed by atoms with Gasteiger partial charge in [-0.1, -0.05) is 101 Å². The van der Waals surface area contributed by atoms with E-state index in [2.05, 4.69) is 101 Å². The summed E-state index contributed by atoms with van der Waals surface area (Å²) in [7, 11) is -2.35. The summed E-state index contributed by atoms with van der Waals surface area (Å²) in [6.07, 6.45) is 5.38. The van der Waals surface area contributed by atoms with E-state index in [-0.39, 0.29) is 5.04 Å². The standard InChI is InChI=1S/C21H28OSi/c1-5-6-13-18-22-23(21(2,3)4,19-14-9-7-10-15-19)20-16-11-8-12-17-20/h6-17H,5,18H2,1-4H3/b13-6+. The third-order valence-electron chi connectivity index (χ3n) is 4.22. The molecule has 0 atom stereocenters. The van der Waals surface area contributed by atoms with Crippen molar-refractivity contribution in [2.45, 2.75) is 39.2 Å². The normalized spacial score (nSPS) is 12.7. The van der Waals surface area contributed by atoms with Crippen LogP contribution in [0.3, 0.4) is 0 Å². The average molecular weight is 325 g/mol. The van der Waals surface area contributed by atoms with Gasteiger partial charge in [0.25, 0.3) is 8.32 Å². The zero-order chi connectivity index (χ0) is 16.8. The molecule has 2 aromatic rings. The first kappa shape index (κ1) is 17.7. The van der Waals surface area contributed by atoms with E-state index >= 15 is 0 Å². The van der Waals surface area contributed by atoms with Gasteiger partial charge in [-0.25, -0.2) is 0 Å². The Kier molecular flexibility index (Phi) is 5.97. The van der Waals surface area contributed by atoms with E-state index in [0.717, 1.165) is 6.42 Å². The summed E-state index contributed by atoms with van der Waals surface area (Å²) >= 11 is 0. The molecule has 0 amide bonds. The summed E-state index contributed by atoms with van der Waals surface area (Å²) in [5.74, 6) is 0. The Morgan fingerprint density at radius 2 is 1.30 bits per heavy atom. The van der Waals surface area contributed by atoms with Crippen LogP contribution in [0.25, 0.3) is 0 Å². The minimum Gasteiger partial charge on any atom is -0.404 e. The van der Waals surface area contributed by atoms with Gasteiger partial charge in [-0.3, -0.25) is 0 Å². The van der Waals surface area contributed by atoms with Crippen LogP contribution in [-0.4, -0.2) is 14.9 Å². The van der Waals surface area contributed by atoms with Gasteiger partial charge in [0, 0.05) is 0 Å². The highest BCUT2D eigenvalue weighted by Crippen LogP contribution is 2.36. The third-order valence-corrected chi connectivity index (χ3v) is 9.22. The van der Waals surface area contributed by atoms with Gasteiger partial charge in [0.05, 0.1) is 6.61 Å². The Hall–Kier alpha value is -1.64. The van der Waals surface area contributed by atoms with Crippen LogP contribution in [0.4, 0.5) is 0 Å². The number of hydrogen-bond donors (Lipinski definition) is 0. The van der Waals surface area contributed by atoms with Crippen molar-refractivity contribution >= 4 is 18.7 Å². The molecule has 0 bridgehead atoms. The molecule has 0 saturated heterocycles. The fourth-order valence-electron chi connectivity index (χ4n) is 3.17. The molecule has 0 aliphatic heterocycles. The quantitative estimate of drug-likeness (QED) is 0.560. The summed E-state index contributed by atoms with van der Waals surface area (Å²) in [6, 6.07) is 21.6. The topological polar surface area (TPSA) is 9.23 Å². The SMILES string of the molecule is CC/C=C/CO[Si](c1ccccc1)(c1ccccc1)C(C)(C)C. The van der Waals surface area contributed by atoms with E-state index in [0.29, 0.717) is 6.61 Å². The zero-order valence-corrected chi connectivity index (χ0v) is 15.8. The highest BCUT2D eigenvalue weighted by molar-refractivity contribution is 6.99. The second kappa shape index (κ2) is 7.76. The second-order valence-corrected chi connectivity index (χ2v) is 11.2. The van der Waals surface area contributed by atoms with Gasteiger partial charge in [0.2, 0.25) is 0 Å². The maximum absolute atomic E-state index is 6.72. The predicted molar refractivity (Wildman–Crippen MR) is 103 cm³/mol.